The first-order valence-corrected chi connectivity index (χ1v) is 6.73. The third kappa shape index (κ3) is 6.67. The molecular weight excluding hydrogens is 270 g/mol. The Hall–Kier alpha value is -1.74. The Balaban J connectivity index is 0.000000312. The molecule has 2 rings (SSSR count). The SMILES string of the molecule is CNCc1ccc(-n2cccn2)cc1.O=S(=O)(O)O. The molecule has 0 aliphatic heterocycles. The molecule has 0 radical (unpaired) electrons. The van der Waals surface area contributed by atoms with Gasteiger partial charge in [-0.25, -0.2) is 4.68 Å². The molecule has 0 aliphatic carbocycles. The molecule has 3 N–H and O–H groups in total. The second-order valence-corrected chi connectivity index (χ2v) is 4.49. The van der Waals surface area contributed by atoms with Crippen molar-refractivity contribution in [2.24, 2.45) is 0 Å². The van der Waals surface area contributed by atoms with E-state index in [2.05, 4.69) is 34.7 Å². The van der Waals surface area contributed by atoms with Gasteiger partial charge in [0.1, 0.15) is 0 Å². The highest BCUT2D eigenvalue weighted by Gasteiger charge is 1.95. The van der Waals surface area contributed by atoms with Crippen LogP contribution in [0.15, 0.2) is 42.7 Å². The lowest BCUT2D eigenvalue weighted by atomic mass is 10.2. The van der Waals surface area contributed by atoms with E-state index in [-0.39, 0.29) is 0 Å². The lowest BCUT2D eigenvalue weighted by Crippen LogP contribution is -2.05. The maximum atomic E-state index is 8.74. The first-order chi connectivity index (χ1) is 8.90. The molecule has 0 saturated carbocycles. The van der Waals surface area contributed by atoms with Crippen molar-refractivity contribution in [1.29, 1.82) is 0 Å². The molecular formula is C11H15N3O4S. The number of nitrogens with zero attached hydrogens (tertiary/aromatic N) is 2. The normalized spacial score (nSPS) is 10.7. The molecule has 0 bridgehead atoms. The van der Waals surface area contributed by atoms with Gasteiger partial charge in [0.2, 0.25) is 0 Å². The summed E-state index contributed by atoms with van der Waals surface area (Å²) in [6.45, 7) is 0.902. The largest absolute Gasteiger partial charge is 0.394 e. The minimum Gasteiger partial charge on any atom is -0.316 e. The van der Waals surface area contributed by atoms with E-state index in [1.165, 1.54) is 5.56 Å². The second kappa shape index (κ2) is 7.00. The summed E-state index contributed by atoms with van der Waals surface area (Å²) >= 11 is 0. The summed E-state index contributed by atoms with van der Waals surface area (Å²) < 4.78 is 33.4. The highest BCUT2D eigenvalue weighted by Crippen LogP contribution is 2.07. The molecule has 0 atom stereocenters. The molecule has 2 aromatic rings. The molecule has 19 heavy (non-hydrogen) atoms. The van der Waals surface area contributed by atoms with Gasteiger partial charge in [-0.2, -0.15) is 13.5 Å². The first-order valence-electron chi connectivity index (χ1n) is 5.33. The van der Waals surface area contributed by atoms with Gasteiger partial charge < -0.3 is 5.32 Å². The van der Waals surface area contributed by atoms with Crippen LogP contribution in [0.3, 0.4) is 0 Å². The number of nitrogens with one attached hydrogen (secondary N) is 1. The average Bonchev–Trinajstić information content (AvgIpc) is 2.82. The molecule has 0 aliphatic rings. The Kier molecular flexibility index (Phi) is 5.64. The second-order valence-electron chi connectivity index (χ2n) is 3.60. The number of hydrogen-bond acceptors (Lipinski definition) is 4. The molecule has 0 unspecified atom stereocenters. The van der Waals surface area contributed by atoms with E-state index in [1.807, 2.05) is 24.0 Å². The Labute approximate surface area is 111 Å². The summed E-state index contributed by atoms with van der Waals surface area (Å²) in [5.41, 5.74) is 2.37. The van der Waals surface area contributed by atoms with Crippen molar-refractivity contribution in [3.05, 3.63) is 48.3 Å². The van der Waals surface area contributed by atoms with E-state index in [9.17, 15) is 0 Å². The number of aromatic nitrogens is 2. The Morgan fingerprint density at radius 1 is 1.26 bits per heavy atom. The lowest BCUT2D eigenvalue weighted by Gasteiger charge is -2.03. The van der Waals surface area contributed by atoms with Crippen LogP contribution < -0.4 is 5.32 Å². The monoisotopic (exact) mass is 285 g/mol. The van der Waals surface area contributed by atoms with Crippen LogP contribution in [0.1, 0.15) is 5.56 Å². The summed E-state index contributed by atoms with van der Waals surface area (Å²) in [5.74, 6) is 0. The zero-order chi connectivity index (χ0) is 14.3. The number of hydrogen-bond donors (Lipinski definition) is 3. The maximum absolute atomic E-state index is 8.74. The van der Waals surface area contributed by atoms with Gasteiger partial charge in [0.15, 0.2) is 0 Å². The fraction of sp³-hybridized carbons (Fsp3) is 0.182. The number of benzene rings is 1. The van der Waals surface area contributed by atoms with Crippen LogP contribution in [-0.2, 0) is 16.9 Å². The van der Waals surface area contributed by atoms with Crippen molar-refractivity contribution in [2.45, 2.75) is 6.54 Å². The standard InChI is InChI=1S/C11H13N3.H2O4S/c1-12-9-10-3-5-11(6-4-10)14-8-2-7-13-14;1-5(2,3)4/h2-8,12H,9H2,1H3;(H2,1,2,3,4). The summed E-state index contributed by atoms with van der Waals surface area (Å²) in [4.78, 5) is 0. The maximum Gasteiger partial charge on any atom is 0.394 e. The van der Waals surface area contributed by atoms with Gasteiger partial charge >= 0.3 is 10.4 Å². The van der Waals surface area contributed by atoms with Crippen molar-refractivity contribution >= 4 is 10.4 Å². The molecule has 8 heteroatoms. The van der Waals surface area contributed by atoms with Crippen molar-refractivity contribution < 1.29 is 17.5 Å². The Bertz CT molecular complexity index is 571. The smallest absolute Gasteiger partial charge is 0.316 e. The fourth-order valence-corrected chi connectivity index (χ4v) is 1.39. The molecule has 1 aromatic carbocycles. The molecule has 0 fully saturated rings. The Morgan fingerprint density at radius 2 is 1.84 bits per heavy atom. The van der Waals surface area contributed by atoms with Gasteiger partial charge in [0.25, 0.3) is 0 Å². The molecule has 1 heterocycles. The van der Waals surface area contributed by atoms with Crippen molar-refractivity contribution in [3.8, 4) is 5.69 Å². The minimum atomic E-state index is -4.67. The number of rotatable bonds is 3. The van der Waals surface area contributed by atoms with Crippen molar-refractivity contribution in [2.75, 3.05) is 7.05 Å². The lowest BCUT2D eigenvalue weighted by molar-refractivity contribution is 0.381. The Morgan fingerprint density at radius 3 is 2.26 bits per heavy atom. The van der Waals surface area contributed by atoms with E-state index in [1.54, 1.807) is 6.20 Å². The van der Waals surface area contributed by atoms with Crippen molar-refractivity contribution in [3.63, 3.8) is 0 Å². The average molecular weight is 285 g/mol. The van der Waals surface area contributed by atoms with Gasteiger partial charge in [0.05, 0.1) is 5.69 Å². The zero-order valence-electron chi connectivity index (χ0n) is 10.3. The van der Waals surface area contributed by atoms with Gasteiger partial charge in [-0.1, -0.05) is 12.1 Å². The third-order valence-corrected chi connectivity index (χ3v) is 2.09. The predicted molar refractivity (Wildman–Crippen MR) is 70.5 cm³/mol. The summed E-state index contributed by atoms with van der Waals surface area (Å²) in [5, 5.41) is 7.28. The minimum absolute atomic E-state index is 0.902. The van der Waals surface area contributed by atoms with Crippen LogP contribution >= 0.6 is 0 Å². The van der Waals surface area contributed by atoms with Gasteiger partial charge in [-0.05, 0) is 30.8 Å². The van der Waals surface area contributed by atoms with E-state index < -0.39 is 10.4 Å². The first kappa shape index (κ1) is 15.3. The summed E-state index contributed by atoms with van der Waals surface area (Å²) in [6, 6.07) is 10.3. The topological polar surface area (TPSA) is 104 Å². The zero-order valence-corrected chi connectivity index (χ0v) is 11.1. The quantitative estimate of drug-likeness (QED) is 0.725. The van der Waals surface area contributed by atoms with E-state index in [0.29, 0.717) is 0 Å². The highest BCUT2D eigenvalue weighted by atomic mass is 32.3. The highest BCUT2D eigenvalue weighted by molar-refractivity contribution is 7.79. The van der Waals surface area contributed by atoms with Crippen LogP contribution in [-0.4, -0.2) is 34.4 Å². The van der Waals surface area contributed by atoms with Gasteiger partial charge in [0, 0.05) is 18.9 Å². The van der Waals surface area contributed by atoms with E-state index in [4.69, 9.17) is 17.5 Å². The fourth-order valence-electron chi connectivity index (χ4n) is 1.39. The van der Waals surface area contributed by atoms with Crippen LogP contribution in [0.25, 0.3) is 5.69 Å². The predicted octanol–water partition coefficient (Wildman–Crippen LogP) is 0.939. The summed E-state index contributed by atoms with van der Waals surface area (Å²) in [6.07, 6.45) is 3.72. The van der Waals surface area contributed by atoms with Crippen LogP contribution in [0.2, 0.25) is 0 Å². The van der Waals surface area contributed by atoms with Crippen LogP contribution in [0.4, 0.5) is 0 Å². The van der Waals surface area contributed by atoms with E-state index in [0.717, 1.165) is 12.2 Å². The van der Waals surface area contributed by atoms with Crippen molar-refractivity contribution in [1.82, 2.24) is 15.1 Å². The molecule has 7 nitrogen and oxygen atoms in total. The van der Waals surface area contributed by atoms with Gasteiger partial charge in [-0.3, -0.25) is 9.11 Å². The van der Waals surface area contributed by atoms with E-state index >= 15 is 0 Å². The molecule has 104 valence electrons. The molecule has 0 amide bonds. The van der Waals surface area contributed by atoms with Gasteiger partial charge in [-0.15, -0.1) is 0 Å². The molecule has 0 spiro atoms. The third-order valence-electron chi connectivity index (χ3n) is 2.09. The van der Waals surface area contributed by atoms with Crippen LogP contribution in [0.5, 0.6) is 0 Å². The molecule has 1 aromatic heterocycles. The summed E-state index contributed by atoms with van der Waals surface area (Å²) in [7, 11) is -2.72. The van der Waals surface area contributed by atoms with Crippen LogP contribution in [0, 0.1) is 0 Å². The molecule has 0 saturated heterocycles.